The predicted octanol–water partition coefficient (Wildman–Crippen LogP) is 1.64. The third-order valence-corrected chi connectivity index (χ3v) is 0.545. The zero-order chi connectivity index (χ0) is 6.99. The first kappa shape index (κ1) is 11.1. The van der Waals surface area contributed by atoms with Gasteiger partial charge in [-0.3, -0.25) is 4.79 Å². The van der Waals surface area contributed by atoms with E-state index in [0.717, 1.165) is 0 Å². The SMILES string of the molecule is CCC(=O)Cl.COS. The summed E-state index contributed by atoms with van der Waals surface area (Å²) in [4.78, 5) is 9.58. The highest BCUT2D eigenvalue weighted by Gasteiger charge is 1.81. The molecule has 0 rings (SSSR count). The van der Waals surface area contributed by atoms with Crippen LogP contribution in [-0.2, 0) is 8.98 Å². The quantitative estimate of drug-likeness (QED) is 0.355. The standard InChI is InChI=1S/C3H5ClO.CH4OS/c1-2-3(4)5;1-2-3/h2H2,1H3;3H,1H3. The van der Waals surface area contributed by atoms with Gasteiger partial charge in [0.2, 0.25) is 5.24 Å². The van der Waals surface area contributed by atoms with Crippen molar-refractivity contribution in [1.29, 1.82) is 0 Å². The third-order valence-electron chi connectivity index (χ3n) is 0.278. The second-order valence-electron chi connectivity index (χ2n) is 0.891. The van der Waals surface area contributed by atoms with E-state index in [0.29, 0.717) is 6.42 Å². The fourth-order valence-electron chi connectivity index (χ4n) is 0. The van der Waals surface area contributed by atoms with Crippen molar-refractivity contribution in [2.45, 2.75) is 13.3 Å². The lowest BCUT2D eigenvalue weighted by atomic mass is 10.6. The lowest BCUT2D eigenvalue weighted by Crippen LogP contribution is -1.74. The first-order valence-electron chi connectivity index (χ1n) is 2.04. The molecule has 0 N–H and O–H groups in total. The minimum atomic E-state index is -0.273. The maximum Gasteiger partial charge on any atom is 0.221 e. The van der Waals surface area contributed by atoms with Gasteiger partial charge in [0, 0.05) is 13.5 Å². The van der Waals surface area contributed by atoms with E-state index in [-0.39, 0.29) is 5.24 Å². The van der Waals surface area contributed by atoms with Crippen molar-refractivity contribution in [2.24, 2.45) is 0 Å². The van der Waals surface area contributed by atoms with E-state index in [2.05, 4.69) is 17.1 Å². The summed E-state index contributed by atoms with van der Waals surface area (Å²) in [6.07, 6.45) is 0.432. The molecule has 0 unspecified atom stereocenters. The van der Waals surface area contributed by atoms with Crippen LogP contribution in [0.5, 0.6) is 0 Å². The molecule has 0 fully saturated rings. The molecular weight excluding hydrogens is 148 g/mol. The second kappa shape index (κ2) is 10.3. The summed E-state index contributed by atoms with van der Waals surface area (Å²) in [5, 5.41) is -0.273. The summed E-state index contributed by atoms with van der Waals surface area (Å²) in [5.41, 5.74) is 0. The van der Waals surface area contributed by atoms with Crippen LogP contribution in [-0.4, -0.2) is 12.4 Å². The highest BCUT2D eigenvalue weighted by atomic mass is 35.5. The van der Waals surface area contributed by atoms with Gasteiger partial charge in [-0.1, -0.05) is 6.92 Å². The Morgan fingerprint density at radius 1 is 1.88 bits per heavy atom. The molecule has 0 amide bonds. The number of rotatable bonds is 1. The minimum Gasteiger partial charge on any atom is -0.322 e. The predicted molar refractivity (Wildman–Crippen MR) is 37.1 cm³/mol. The molecule has 0 bridgehead atoms. The van der Waals surface area contributed by atoms with Crippen molar-refractivity contribution in [3.05, 3.63) is 0 Å². The molecule has 0 aromatic heterocycles. The number of hydrogen-bond donors (Lipinski definition) is 1. The molecule has 0 aliphatic rings. The van der Waals surface area contributed by atoms with Gasteiger partial charge in [-0.25, -0.2) is 0 Å². The normalized spacial score (nSPS) is 7.00. The van der Waals surface area contributed by atoms with Gasteiger partial charge in [-0.05, 0) is 24.5 Å². The molecule has 0 radical (unpaired) electrons. The monoisotopic (exact) mass is 156 g/mol. The van der Waals surface area contributed by atoms with Gasteiger partial charge in [0.25, 0.3) is 0 Å². The van der Waals surface area contributed by atoms with Gasteiger partial charge in [0.15, 0.2) is 0 Å². The zero-order valence-electron chi connectivity index (χ0n) is 4.85. The molecule has 0 saturated heterocycles. The number of carbonyl (C=O) groups excluding carboxylic acids is 1. The number of thiol groups is 1. The summed E-state index contributed by atoms with van der Waals surface area (Å²) >= 11 is 8.11. The molecule has 0 heterocycles. The second-order valence-corrected chi connectivity index (χ2v) is 1.68. The minimum absolute atomic E-state index is 0.273. The van der Waals surface area contributed by atoms with Crippen molar-refractivity contribution in [3.63, 3.8) is 0 Å². The first-order valence-corrected chi connectivity index (χ1v) is 2.79. The number of hydrogen-bond acceptors (Lipinski definition) is 3. The van der Waals surface area contributed by atoms with Crippen LogP contribution in [0.2, 0.25) is 0 Å². The molecule has 0 aromatic carbocycles. The molecule has 0 aliphatic heterocycles. The summed E-state index contributed by atoms with van der Waals surface area (Å²) in [7, 11) is 1.49. The smallest absolute Gasteiger partial charge is 0.221 e. The van der Waals surface area contributed by atoms with Crippen molar-refractivity contribution >= 4 is 29.8 Å². The van der Waals surface area contributed by atoms with Gasteiger partial charge in [0.1, 0.15) is 0 Å². The third kappa shape index (κ3) is 33.8. The fraction of sp³-hybridized carbons (Fsp3) is 0.750. The molecule has 2 nitrogen and oxygen atoms in total. The Hall–Kier alpha value is 0.270. The maximum atomic E-state index is 9.58. The molecule has 0 aliphatic carbocycles. The molecule has 0 saturated carbocycles. The van der Waals surface area contributed by atoms with Gasteiger partial charge in [0.05, 0.1) is 0 Å². The number of halogens is 1. The maximum absolute atomic E-state index is 9.58. The first-order chi connectivity index (χ1) is 3.68. The van der Waals surface area contributed by atoms with Gasteiger partial charge in [-0.15, -0.1) is 0 Å². The Bertz CT molecular complexity index is 58.0. The fourth-order valence-corrected chi connectivity index (χ4v) is 0. The van der Waals surface area contributed by atoms with Crippen molar-refractivity contribution in [3.8, 4) is 0 Å². The van der Waals surface area contributed by atoms with E-state index in [1.54, 1.807) is 6.92 Å². The topological polar surface area (TPSA) is 26.3 Å². The van der Waals surface area contributed by atoms with Gasteiger partial charge >= 0.3 is 0 Å². The Balaban J connectivity index is 0. The molecule has 50 valence electrons. The Labute approximate surface area is 59.8 Å². The molecule has 4 heteroatoms. The van der Waals surface area contributed by atoms with E-state index < -0.39 is 0 Å². The summed E-state index contributed by atoms with van der Waals surface area (Å²) in [6.45, 7) is 1.72. The van der Waals surface area contributed by atoms with Crippen LogP contribution in [0.25, 0.3) is 0 Å². The Morgan fingerprint density at radius 2 is 2.00 bits per heavy atom. The molecule has 8 heavy (non-hydrogen) atoms. The lowest BCUT2D eigenvalue weighted by Gasteiger charge is -1.68. The van der Waals surface area contributed by atoms with Crippen LogP contribution >= 0.6 is 24.5 Å². The Kier molecular flexibility index (Phi) is 14.3. The molecule has 0 aromatic rings. The molecule has 0 spiro atoms. The van der Waals surface area contributed by atoms with Crippen molar-refractivity contribution in [2.75, 3.05) is 7.11 Å². The van der Waals surface area contributed by atoms with E-state index in [9.17, 15) is 4.79 Å². The summed E-state index contributed by atoms with van der Waals surface area (Å²) in [5.74, 6) is 0. The van der Waals surface area contributed by atoms with Crippen LogP contribution in [0.15, 0.2) is 0 Å². The highest BCUT2D eigenvalue weighted by molar-refractivity contribution is 7.75. The summed E-state index contributed by atoms with van der Waals surface area (Å²) in [6, 6.07) is 0. The molecular formula is C4H9ClO2S. The van der Waals surface area contributed by atoms with Crippen LogP contribution in [0.3, 0.4) is 0 Å². The van der Waals surface area contributed by atoms with Crippen molar-refractivity contribution < 1.29 is 8.98 Å². The Morgan fingerprint density at radius 3 is 2.00 bits per heavy atom. The van der Waals surface area contributed by atoms with Gasteiger partial charge < -0.3 is 4.18 Å². The van der Waals surface area contributed by atoms with Crippen LogP contribution in [0.1, 0.15) is 13.3 Å². The van der Waals surface area contributed by atoms with Crippen molar-refractivity contribution in [1.82, 2.24) is 0 Å². The van der Waals surface area contributed by atoms with E-state index >= 15 is 0 Å². The average molecular weight is 157 g/mol. The van der Waals surface area contributed by atoms with Crippen LogP contribution in [0.4, 0.5) is 0 Å². The largest absolute Gasteiger partial charge is 0.322 e. The zero-order valence-corrected chi connectivity index (χ0v) is 6.50. The number of carbonyl (C=O) groups is 1. The van der Waals surface area contributed by atoms with Crippen LogP contribution in [0, 0.1) is 0 Å². The van der Waals surface area contributed by atoms with E-state index in [1.807, 2.05) is 0 Å². The van der Waals surface area contributed by atoms with Crippen LogP contribution < -0.4 is 0 Å². The summed E-state index contributed by atoms with van der Waals surface area (Å²) < 4.78 is 3.94. The molecule has 0 atom stereocenters. The van der Waals surface area contributed by atoms with E-state index in [4.69, 9.17) is 11.6 Å². The van der Waals surface area contributed by atoms with E-state index in [1.165, 1.54) is 7.11 Å². The highest BCUT2D eigenvalue weighted by Crippen LogP contribution is 1.81. The lowest BCUT2D eigenvalue weighted by molar-refractivity contribution is -0.111. The van der Waals surface area contributed by atoms with Gasteiger partial charge in [-0.2, -0.15) is 0 Å². The average Bonchev–Trinajstić information content (AvgIpc) is 1.69.